The molecule has 0 saturated carbocycles. The Hall–Kier alpha value is -2.33. The van der Waals surface area contributed by atoms with Crippen molar-refractivity contribution in [2.45, 2.75) is 46.1 Å². The molecule has 4 nitrogen and oxygen atoms in total. The summed E-state index contributed by atoms with van der Waals surface area (Å²) in [5.74, 6) is 0.679. The molecule has 0 bridgehead atoms. The fraction of sp³-hybridized carbons (Fsp3) is 0.440. The third-order valence-electron chi connectivity index (χ3n) is 5.64. The van der Waals surface area contributed by atoms with E-state index in [0.717, 1.165) is 17.5 Å². The van der Waals surface area contributed by atoms with Crippen molar-refractivity contribution in [2.75, 3.05) is 13.1 Å². The summed E-state index contributed by atoms with van der Waals surface area (Å²) in [6.45, 7) is 8.07. The van der Waals surface area contributed by atoms with Crippen LogP contribution in [0, 0.1) is 11.8 Å². The average Bonchev–Trinajstić information content (AvgIpc) is 3.05. The Balaban J connectivity index is 1.49. The zero-order valence-corrected chi connectivity index (χ0v) is 18.8. The Labute approximate surface area is 184 Å². The molecule has 2 aromatic rings. The fourth-order valence-corrected chi connectivity index (χ4v) is 4.18. The fourth-order valence-electron chi connectivity index (χ4n) is 3.96. The van der Waals surface area contributed by atoms with E-state index < -0.39 is 0 Å². The van der Waals surface area contributed by atoms with Gasteiger partial charge in [-0.2, -0.15) is 0 Å². The molecule has 2 aromatic carbocycles. The molecule has 1 aliphatic rings. The number of carbonyl (C=O) groups is 2. The molecule has 0 spiro atoms. The van der Waals surface area contributed by atoms with E-state index in [4.69, 9.17) is 11.6 Å². The van der Waals surface area contributed by atoms with E-state index in [0.29, 0.717) is 37.0 Å². The van der Waals surface area contributed by atoms with Crippen LogP contribution in [0.25, 0.3) is 0 Å². The topological polar surface area (TPSA) is 49.4 Å². The highest BCUT2D eigenvalue weighted by Crippen LogP contribution is 2.22. The van der Waals surface area contributed by atoms with Gasteiger partial charge in [0.25, 0.3) is 0 Å². The van der Waals surface area contributed by atoms with E-state index in [-0.39, 0.29) is 23.7 Å². The van der Waals surface area contributed by atoms with E-state index in [1.807, 2.05) is 48.2 Å². The molecular weight excluding hydrogens is 396 g/mol. The Bertz CT molecular complexity index is 879. The predicted octanol–water partition coefficient (Wildman–Crippen LogP) is 4.81. The summed E-state index contributed by atoms with van der Waals surface area (Å²) in [6, 6.07) is 15.9. The second kappa shape index (κ2) is 10.1. The van der Waals surface area contributed by atoms with Gasteiger partial charge in [-0.1, -0.05) is 61.8 Å². The molecule has 0 radical (unpaired) electrons. The predicted molar refractivity (Wildman–Crippen MR) is 121 cm³/mol. The van der Waals surface area contributed by atoms with Gasteiger partial charge in [0.05, 0.1) is 5.92 Å². The van der Waals surface area contributed by atoms with Gasteiger partial charge < -0.3 is 10.2 Å². The molecule has 3 rings (SSSR count). The smallest absolute Gasteiger partial charge is 0.227 e. The van der Waals surface area contributed by atoms with Gasteiger partial charge in [-0.25, -0.2) is 0 Å². The first-order valence-corrected chi connectivity index (χ1v) is 11.1. The van der Waals surface area contributed by atoms with Gasteiger partial charge in [0, 0.05) is 37.0 Å². The van der Waals surface area contributed by atoms with Gasteiger partial charge in [0.15, 0.2) is 0 Å². The number of halogens is 1. The van der Waals surface area contributed by atoms with E-state index in [1.165, 1.54) is 5.56 Å². The Morgan fingerprint density at radius 1 is 1.13 bits per heavy atom. The molecule has 1 saturated heterocycles. The van der Waals surface area contributed by atoms with E-state index in [9.17, 15) is 9.59 Å². The molecule has 1 N–H and O–H groups in total. The minimum Gasteiger partial charge on any atom is -0.355 e. The lowest BCUT2D eigenvalue weighted by Crippen LogP contribution is -2.33. The second-order valence-electron chi connectivity index (χ2n) is 8.78. The molecule has 30 heavy (non-hydrogen) atoms. The van der Waals surface area contributed by atoms with Crippen molar-refractivity contribution in [3.63, 3.8) is 0 Å². The van der Waals surface area contributed by atoms with E-state index >= 15 is 0 Å². The SMILES string of the molecule is CC(C)Cc1ccc(C(C)C(=O)NCC2CC(=O)N(Cc3cccc(Cl)c3)C2)cc1. The van der Waals surface area contributed by atoms with Crippen molar-refractivity contribution in [2.24, 2.45) is 11.8 Å². The summed E-state index contributed by atoms with van der Waals surface area (Å²) in [5, 5.41) is 3.72. The molecule has 0 aliphatic carbocycles. The lowest BCUT2D eigenvalue weighted by molar-refractivity contribution is -0.128. The average molecular weight is 427 g/mol. The molecule has 1 fully saturated rings. The highest BCUT2D eigenvalue weighted by Gasteiger charge is 2.30. The molecule has 5 heteroatoms. The van der Waals surface area contributed by atoms with Crippen molar-refractivity contribution < 1.29 is 9.59 Å². The van der Waals surface area contributed by atoms with Crippen LogP contribution in [0.1, 0.15) is 49.8 Å². The summed E-state index contributed by atoms with van der Waals surface area (Å²) in [6.07, 6.45) is 1.52. The minimum absolute atomic E-state index is 0.00681. The second-order valence-corrected chi connectivity index (χ2v) is 9.22. The first-order chi connectivity index (χ1) is 14.3. The maximum absolute atomic E-state index is 12.6. The number of likely N-dealkylation sites (tertiary alicyclic amines) is 1. The number of nitrogens with zero attached hydrogens (tertiary/aromatic N) is 1. The van der Waals surface area contributed by atoms with Crippen LogP contribution in [0.5, 0.6) is 0 Å². The van der Waals surface area contributed by atoms with Crippen LogP contribution in [0.15, 0.2) is 48.5 Å². The zero-order chi connectivity index (χ0) is 21.7. The van der Waals surface area contributed by atoms with Gasteiger partial charge in [-0.15, -0.1) is 0 Å². The van der Waals surface area contributed by atoms with Gasteiger partial charge >= 0.3 is 0 Å². The third kappa shape index (κ3) is 6.09. The number of hydrogen-bond acceptors (Lipinski definition) is 2. The van der Waals surface area contributed by atoms with Gasteiger partial charge in [-0.05, 0) is 48.1 Å². The zero-order valence-electron chi connectivity index (χ0n) is 18.0. The minimum atomic E-state index is -0.210. The Kier molecular flexibility index (Phi) is 7.54. The van der Waals surface area contributed by atoms with E-state index in [2.05, 4.69) is 31.3 Å². The van der Waals surface area contributed by atoms with Crippen LogP contribution in [0.2, 0.25) is 5.02 Å². The number of amides is 2. The van der Waals surface area contributed by atoms with Gasteiger partial charge in [0.1, 0.15) is 0 Å². The summed E-state index contributed by atoms with van der Waals surface area (Å²) >= 11 is 6.04. The largest absolute Gasteiger partial charge is 0.355 e. The molecule has 160 valence electrons. The van der Waals surface area contributed by atoms with Crippen LogP contribution >= 0.6 is 11.6 Å². The lowest BCUT2D eigenvalue weighted by atomic mass is 9.96. The molecule has 2 unspecified atom stereocenters. The van der Waals surface area contributed by atoms with Crippen LogP contribution in [-0.4, -0.2) is 29.8 Å². The van der Waals surface area contributed by atoms with Crippen molar-refractivity contribution in [1.29, 1.82) is 0 Å². The molecule has 1 aliphatic heterocycles. The first-order valence-electron chi connectivity index (χ1n) is 10.7. The third-order valence-corrected chi connectivity index (χ3v) is 5.87. The van der Waals surface area contributed by atoms with Crippen molar-refractivity contribution in [3.8, 4) is 0 Å². The van der Waals surface area contributed by atoms with Gasteiger partial charge in [0.2, 0.25) is 11.8 Å². The van der Waals surface area contributed by atoms with Crippen LogP contribution in [0.4, 0.5) is 0 Å². The summed E-state index contributed by atoms with van der Waals surface area (Å²) in [5.41, 5.74) is 3.34. The van der Waals surface area contributed by atoms with Gasteiger partial charge in [-0.3, -0.25) is 9.59 Å². The molecular formula is C25H31ClN2O2. The first kappa shape index (κ1) is 22.4. The Morgan fingerprint density at radius 2 is 1.87 bits per heavy atom. The van der Waals surface area contributed by atoms with E-state index in [1.54, 1.807) is 0 Å². The highest BCUT2D eigenvalue weighted by molar-refractivity contribution is 6.30. The van der Waals surface area contributed by atoms with Crippen LogP contribution < -0.4 is 5.32 Å². The quantitative estimate of drug-likeness (QED) is 0.658. The van der Waals surface area contributed by atoms with Crippen molar-refractivity contribution >= 4 is 23.4 Å². The summed E-state index contributed by atoms with van der Waals surface area (Å²) < 4.78 is 0. The van der Waals surface area contributed by atoms with Crippen molar-refractivity contribution in [1.82, 2.24) is 10.2 Å². The maximum atomic E-state index is 12.6. The number of carbonyl (C=O) groups excluding carboxylic acids is 2. The molecule has 0 aromatic heterocycles. The summed E-state index contributed by atoms with van der Waals surface area (Å²) in [4.78, 5) is 26.8. The number of nitrogens with one attached hydrogen (secondary N) is 1. The highest BCUT2D eigenvalue weighted by atomic mass is 35.5. The number of rotatable bonds is 8. The standard InChI is InChI=1S/C25H31ClN2O2/c1-17(2)11-19-7-9-22(10-8-19)18(3)25(30)27-14-21-13-24(29)28(16-21)15-20-5-4-6-23(26)12-20/h4-10,12,17-18,21H,11,13-16H2,1-3H3,(H,27,30). The Morgan fingerprint density at radius 3 is 2.53 bits per heavy atom. The molecule has 2 amide bonds. The van der Waals surface area contributed by atoms with Crippen LogP contribution in [-0.2, 0) is 22.6 Å². The maximum Gasteiger partial charge on any atom is 0.227 e. The lowest BCUT2D eigenvalue weighted by Gasteiger charge is -2.18. The number of hydrogen-bond donors (Lipinski definition) is 1. The molecule has 1 heterocycles. The van der Waals surface area contributed by atoms with Crippen molar-refractivity contribution in [3.05, 3.63) is 70.2 Å². The van der Waals surface area contributed by atoms with Crippen LogP contribution in [0.3, 0.4) is 0 Å². The molecule has 2 atom stereocenters. The number of benzene rings is 2. The normalized spacial score (nSPS) is 17.4. The summed E-state index contributed by atoms with van der Waals surface area (Å²) in [7, 11) is 0. The monoisotopic (exact) mass is 426 g/mol.